The summed E-state index contributed by atoms with van der Waals surface area (Å²) in [6, 6.07) is 3.50. The number of alkyl halides is 1. The summed E-state index contributed by atoms with van der Waals surface area (Å²) < 4.78 is 29.1. The number of methoxy groups -OCH3 is 4. The lowest BCUT2D eigenvalue weighted by atomic mass is 10.5. The quantitative estimate of drug-likeness (QED) is 0.106. The fourth-order valence-corrected chi connectivity index (χ4v) is 3.51. The van der Waals surface area contributed by atoms with Gasteiger partial charge in [0.05, 0.1) is 53.2 Å². The number of carbonyl (C=O) groups excluding carboxylic acids is 3. The van der Waals surface area contributed by atoms with Crippen molar-refractivity contribution >= 4 is 79.1 Å². The highest BCUT2D eigenvalue weighted by Crippen LogP contribution is 2.25. The standard InChI is InChI=1S/C12H14N4O4S.C7H10N4O2S.C5H7BrO3/c1-4-20-10(17)7-6-13-12(21-7)15-8-5-9(18-2)16-11(14-8)19-3;1-12-5-3-4(9-6(8)14)10-7(11-5)13-2;1-2-9-5(8)4(7)3-6/h5-6H,4H2,1-3H3,(H,13,14,15,16);3H,1-2H3,(H3,8,9,10,11,14);2-3H2,1H3. The molecule has 0 spiro atoms. The summed E-state index contributed by atoms with van der Waals surface area (Å²) in [6.45, 7) is 3.97. The van der Waals surface area contributed by atoms with E-state index in [9.17, 15) is 14.4 Å². The Morgan fingerprint density at radius 2 is 1.43 bits per heavy atom. The molecule has 0 saturated heterocycles. The van der Waals surface area contributed by atoms with Gasteiger partial charge in [-0.05, 0) is 26.1 Å². The lowest BCUT2D eigenvalue weighted by molar-refractivity contribution is -0.152. The molecule has 3 rings (SSSR count). The van der Waals surface area contributed by atoms with Gasteiger partial charge in [0.1, 0.15) is 16.5 Å². The maximum Gasteiger partial charge on any atom is 0.375 e. The minimum absolute atomic E-state index is 0.0336. The van der Waals surface area contributed by atoms with Crippen LogP contribution < -0.4 is 35.3 Å². The third-order valence-corrected chi connectivity index (χ3v) is 5.74. The van der Waals surface area contributed by atoms with Crippen LogP contribution in [0.3, 0.4) is 0 Å². The maximum atomic E-state index is 11.6. The van der Waals surface area contributed by atoms with Crippen molar-refractivity contribution in [2.45, 2.75) is 13.8 Å². The van der Waals surface area contributed by atoms with E-state index in [-0.39, 0.29) is 29.1 Å². The summed E-state index contributed by atoms with van der Waals surface area (Å²) >= 11 is 8.66. The lowest BCUT2D eigenvalue weighted by Crippen LogP contribution is -2.20. The van der Waals surface area contributed by atoms with Gasteiger partial charge in [0.25, 0.3) is 0 Å². The van der Waals surface area contributed by atoms with Crippen molar-refractivity contribution in [3.05, 3.63) is 23.2 Å². The third-order valence-electron chi connectivity index (χ3n) is 4.24. The summed E-state index contributed by atoms with van der Waals surface area (Å²) in [5.41, 5.74) is 5.29. The predicted molar refractivity (Wildman–Crippen MR) is 167 cm³/mol. The molecule has 240 valence electrons. The van der Waals surface area contributed by atoms with Crippen molar-refractivity contribution in [3.63, 3.8) is 0 Å². The Labute approximate surface area is 270 Å². The number of thiocarbonyl (C=S) groups is 1. The van der Waals surface area contributed by atoms with Crippen LogP contribution >= 0.6 is 39.5 Å². The van der Waals surface area contributed by atoms with Crippen LogP contribution in [0.15, 0.2) is 18.3 Å². The molecule has 0 aromatic carbocycles. The van der Waals surface area contributed by atoms with Crippen molar-refractivity contribution in [3.8, 4) is 23.8 Å². The van der Waals surface area contributed by atoms with E-state index in [1.165, 1.54) is 34.6 Å². The fraction of sp³-hybridized carbons (Fsp3) is 0.375. The molecule has 4 N–H and O–H groups in total. The van der Waals surface area contributed by atoms with Gasteiger partial charge < -0.3 is 44.8 Å². The largest absolute Gasteiger partial charge is 0.481 e. The number of nitrogens with two attached hydrogens (primary N) is 1. The summed E-state index contributed by atoms with van der Waals surface area (Å²) in [5, 5.41) is 6.26. The van der Waals surface area contributed by atoms with Crippen LogP contribution in [-0.4, -0.2) is 94.7 Å². The van der Waals surface area contributed by atoms with Gasteiger partial charge in [-0.1, -0.05) is 27.3 Å². The first-order valence-corrected chi connectivity index (χ1v) is 14.5. The summed E-state index contributed by atoms with van der Waals surface area (Å²) in [7, 11) is 5.90. The van der Waals surface area contributed by atoms with Crippen molar-refractivity contribution in [1.29, 1.82) is 0 Å². The number of hydrogen-bond donors (Lipinski definition) is 3. The van der Waals surface area contributed by atoms with Crippen molar-refractivity contribution in [2.24, 2.45) is 5.73 Å². The van der Waals surface area contributed by atoms with E-state index in [1.54, 1.807) is 26.0 Å². The van der Waals surface area contributed by atoms with Gasteiger partial charge in [-0.3, -0.25) is 4.79 Å². The number of esters is 2. The number of nitrogens with one attached hydrogen (secondary N) is 2. The Kier molecular flexibility index (Phi) is 17.5. The highest BCUT2D eigenvalue weighted by Gasteiger charge is 2.13. The molecule has 0 atom stereocenters. The molecule has 0 aliphatic heterocycles. The normalized spacial score (nSPS) is 9.52. The van der Waals surface area contributed by atoms with Gasteiger partial charge in [-0.25, -0.2) is 14.6 Å². The SMILES string of the molecule is CCOC(=O)C(=O)CBr.CCOC(=O)c1cnc(Nc2cc(OC)nc(OC)n2)s1.COc1cc(NC(N)=S)nc(OC)n1. The number of thiazole rings is 1. The van der Waals surface area contributed by atoms with E-state index in [2.05, 4.69) is 68.4 Å². The van der Waals surface area contributed by atoms with E-state index in [4.69, 9.17) is 29.4 Å². The van der Waals surface area contributed by atoms with Crippen LogP contribution in [0.25, 0.3) is 0 Å². The van der Waals surface area contributed by atoms with Crippen LogP contribution in [0.1, 0.15) is 23.5 Å². The van der Waals surface area contributed by atoms with E-state index >= 15 is 0 Å². The van der Waals surface area contributed by atoms with Gasteiger partial charge in [0, 0.05) is 12.1 Å². The number of nitrogens with zero attached hydrogens (tertiary/aromatic N) is 5. The Morgan fingerprint density at radius 1 is 0.886 bits per heavy atom. The number of aromatic nitrogens is 5. The van der Waals surface area contributed by atoms with Crippen LogP contribution in [0.4, 0.5) is 16.8 Å². The zero-order chi connectivity index (χ0) is 33.1. The van der Waals surface area contributed by atoms with Gasteiger partial charge in [0.2, 0.25) is 17.5 Å². The molecule has 0 bridgehead atoms. The molecule has 17 nitrogen and oxygen atoms in total. The third kappa shape index (κ3) is 13.7. The number of anilines is 3. The second kappa shape index (κ2) is 20.5. The molecule has 0 aliphatic rings. The van der Waals surface area contributed by atoms with Crippen LogP contribution in [-0.2, 0) is 19.1 Å². The zero-order valence-electron chi connectivity index (χ0n) is 24.5. The molecular weight excluding hydrogens is 688 g/mol. The van der Waals surface area contributed by atoms with Crippen LogP contribution in [0.2, 0.25) is 0 Å². The minimum atomic E-state index is -0.769. The second-order valence-electron chi connectivity index (χ2n) is 7.21. The second-order valence-corrected chi connectivity index (χ2v) is 9.24. The number of halogens is 1. The predicted octanol–water partition coefficient (Wildman–Crippen LogP) is 2.53. The van der Waals surface area contributed by atoms with Gasteiger partial charge in [-0.2, -0.15) is 19.9 Å². The number of Topliss-reactive ketones (excluding diaryl/α,β-unsaturated/α-hetero) is 1. The lowest BCUT2D eigenvalue weighted by Gasteiger charge is -2.06. The van der Waals surface area contributed by atoms with E-state index < -0.39 is 17.7 Å². The molecule has 0 saturated carbocycles. The van der Waals surface area contributed by atoms with Crippen molar-refractivity contribution in [1.82, 2.24) is 24.9 Å². The molecule has 0 fully saturated rings. The number of ether oxygens (including phenoxy) is 6. The molecule has 3 aromatic rings. The summed E-state index contributed by atoms with van der Waals surface area (Å²) in [6.07, 6.45) is 1.45. The Morgan fingerprint density at radius 3 is 1.91 bits per heavy atom. The Balaban J connectivity index is 0.000000363. The van der Waals surface area contributed by atoms with E-state index in [0.717, 1.165) is 11.3 Å². The average Bonchev–Trinajstić information content (AvgIpc) is 3.49. The summed E-state index contributed by atoms with van der Waals surface area (Å²) in [5.74, 6) is -0.112. The molecule has 0 radical (unpaired) electrons. The molecule has 0 amide bonds. The highest BCUT2D eigenvalue weighted by atomic mass is 79.9. The molecule has 0 aliphatic carbocycles. The van der Waals surface area contributed by atoms with Crippen molar-refractivity contribution < 1.29 is 42.8 Å². The first-order valence-electron chi connectivity index (χ1n) is 12.2. The monoisotopic (exact) mass is 718 g/mol. The number of hydrogen-bond acceptors (Lipinski definition) is 17. The van der Waals surface area contributed by atoms with Gasteiger partial charge in [0.15, 0.2) is 10.2 Å². The fourth-order valence-electron chi connectivity index (χ4n) is 2.46. The smallest absolute Gasteiger partial charge is 0.375 e. The number of rotatable bonds is 12. The zero-order valence-corrected chi connectivity index (χ0v) is 27.8. The van der Waals surface area contributed by atoms with E-state index in [1.807, 2.05) is 0 Å². The topological polar surface area (TPSA) is 221 Å². The molecule has 3 heterocycles. The van der Waals surface area contributed by atoms with Gasteiger partial charge in [-0.15, -0.1) is 0 Å². The van der Waals surface area contributed by atoms with Gasteiger partial charge >= 0.3 is 24.0 Å². The van der Waals surface area contributed by atoms with Crippen molar-refractivity contribution in [2.75, 3.05) is 57.6 Å². The molecular formula is C24H31BrN8O9S2. The highest BCUT2D eigenvalue weighted by molar-refractivity contribution is 9.09. The van der Waals surface area contributed by atoms with Crippen LogP contribution in [0.5, 0.6) is 23.8 Å². The maximum absolute atomic E-state index is 11.6. The summed E-state index contributed by atoms with van der Waals surface area (Å²) in [4.78, 5) is 52.8. The molecule has 20 heteroatoms. The first-order chi connectivity index (χ1) is 21.0. The molecule has 0 unspecified atom stereocenters. The Hall–Kier alpha value is -4.43. The average molecular weight is 720 g/mol. The van der Waals surface area contributed by atoms with Crippen LogP contribution in [0, 0.1) is 0 Å². The van der Waals surface area contributed by atoms with E-state index in [0.29, 0.717) is 40.0 Å². The Bertz CT molecular complexity index is 1350. The number of carbonyl (C=O) groups is 3. The minimum Gasteiger partial charge on any atom is -0.481 e. The number of ketones is 1. The molecule has 44 heavy (non-hydrogen) atoms. The molecule has 3 aromatic heterocycles. The first kappa shape index (κ1) is 37.6.